The molecule has 0 radical (unpaired) electrons. The second-order valence-corrected chi connectivity index (χ2v) is 9.61. The highest BCUT2D eigenvalue weighted by Crippen LogP contribution is 2.46. The first-order chi connectivity index (χ1) is 17.3. The summed E-state index contributed by atoms with van der Waals surface area (Å²) >= 11 is 3.40. The van der Waals surface area contributed by atoms with Crippen molar-refractivity contribution in [2.75, 3.05) is 19.1 Å². The zero-order chi connectivity index (χ0) is 25.6. The topological polar surface area (TPSA) is 88.2 Å². The molecule has 0 aromatic heterocycles. The van der Waals surface area contributed by atoms with Gasteiger partial charge in [-0.1, -0.05) is 51.8 Å². The fraction of sp³-hybridized carbons (Fsp3) is 0.222. The summed E-state index contributed by atoms with van der Waals surface area (Å²) in [5.74, 6) is -1.22. The number of benzene rings is 3. The summed E-state index contributed by atoms with van der Waals surface area (Å²) in [6.45, 7) is 1.93. The number of nitrogens with one attached hydrogen (secondary N) is 1. The Morgan fingerprint density at radius 3 is 2.33 bits per heavy atom. The Morgan fingerprint density at radius 1 is 0.944 bits per heavy atom. The molecular formula is C27H24BrN3O5. The maximum atomic E-state index is 13.8. The number of imide groups is 1. The van der Waals surface area contributed by atoms with Crippen LogP contribution in [0, 0.1) is 12.8 Å². The van der Waals surface area contributed by atoms with Crippen LogP contribution in [-0.4, -0.2) is 43.0 Å². The first-order valence-electron chi connectivity index (χ1n) is 11.4. The summed E-state index contributed by atoms with van der Waals surface area (Å²) < 4.78 is 11.8. The zero-order valence-corrected chi connectivity index (χ0v) is 21.5. The molecule has 3 amide bonds. The molecule has 36 heavy (non-hydrogen) atoms. The number of fused-ring (bicyclic) bond motifs is 1. The van der Waals surface area contributed by atoms with Gasteiger partial charge in [-0.15, -0.1) is 0 Å². The highest BCUT2D eigenvalue weighted by molar-refractivity contribution is 9.10. The van der Waals surface area contributed by atoms with Gasteiger partial charge < -0.3 is 9.47 Å². The highest BCUT2D eigenvalue weighted by Gasteiger charge is 2.61. The third-order valence-corrected chi connectivity index (χ3v) is 7.08. The van der Waals surface area contributed by atoms with E-state index in [2.05, 4.69) is 21.4 Å². The molecule has 0 spiro atoms. The lowest BCUT2D eigenvalue weighted by molar-refractivity contribution is -0.123. The van der Waals surface area contributed by atoms with Crippen LogP contribution in [0.2, 0.25) is 0 Å². The lowest BCUT2D eigenvalue weighted by Gasteiger charge is -2.26. The van der Waals surface area contributed by atoms with Crippen molar-refractivity contribution in [3.05, 3.63) is 87.9 Å². The highest BCUT2D eigenvalue weighted by atomic mass is 79.9. The van der Waals surface area contributed by atoms with Crippen molar-refractivity contribution < 1.29 is 23.9 Å². The van der Waals surface area contributed by atoms with Gasteiger partial charge in [0.05, 0.1) is 31.9 Å². The number of nitrogens with zero attached hydrogens (tertiary/aromatic N) is 2. The minimum absolute atomic E-state index is 0.378. The van der Waals surface area contributed by atoms with Gasteiger partial charge in [0, 0.05) is 15.6 Å². The first kappa shape index (κ1) is 24.0. The van der Waals surface area contributed by atoms with Crippen molar-refractivity contribution in [1.82, 2.24) is 10.4 Å². The third kappa shape index (κ3) is 3.84. The minimum Gasteiger partial charge on any atom is -0.493 e. The number of hydrogen-bond acceptors (Lipinski definition) is 6. The lowest BCUT2D eigenvalue weighted by atomic mass is 9.90. The quantitative estimate of drug-likeness (QED) is 0.483. The predicted octanol–water partition coefficient (Wildman–Crippen LogP) is 4.03. The van der Waals surface area contributed by atoms with E-state index in [0.29, 0.717) is 28.3 Å². The van der Waals surface area contributed by atoms with Gasteiger partial charge in [0.1, 0.15) is 6.04 Å². The fourth-order valence-electron chi connectivity index (χ4n) is 4.90. The van der Waals surface area contributed by atoms with E-state index < -0.39 is 29.8 Å². The van der Waals surface area contributed by atoms with E-state index in [4.69, 9.17) is 9.47 Å². The summed E-state index contributed by atoms with van der Waals surface area (Å²) in [4.78, 5) is 42.4. The molecule has 1 N–H and O–H groups in total. The largest absolute Gasteiger partial charge is 0.493 e. The van der Waals surface area contributed by atoms with Crippen LogP contribution in [0.3, 0.4) is 0 Å². The Hall–Kier alpha value is -3.69. The van der Waals surface area contributed by atoms with E-state index >= 15 is 0 Å². The van der Waals surface area contributed by atoms with Gasteiger partial charge in [0.2, 0.25) is 5.91 Å². The monoisotopic (exact) mass is 549 g/mol. The normalized spacial score (nSPS) is 21.1. The molecular weight excluding hydrogens is 526 g/mol. The predicted molar refractivity (Wildman–Crippen MR) is 137 cm³/mol. The van der Waals surface area contributed by atoms with Crippen molar-refractivity contribution in [1.29, 1.82) is 0 Å². The van der Waals surface area contributed by atoms with Crippen molar-refractivity contribution in [2.24, 2.45) is 5.92 Å². The van der Waals surface area contributed by atoms with Gasteiger partial charge in [-0.25, -0.2) is 10.3 Å². The van der Waals surface area contributed by atoms with E-state index in [1.54, 1.807) is 48.5 Å². The molecule has 184 valence electrons. The van der Waals surface area contributed by atoms with Crippen LogP contribution in [0.1, 0.15) is 27.5 Å². The number of methoxy groups -OCH3 is 2. The molecule has 8 nitrogen and oxygen atoms in total. The summed E-state index contributed by atoms with van der Waals surface area (Å²) in [5.41, 5.74) is 5.62. The average Bonchev–Trinajstić information content (AvgIpc) is 3.40. The minimum atomic E-state index is -1.04. The number of amides is 3. The lowest BCUT2D eigenvalue weighted by Crippen LogP contribution is -2.48. The van der Waals surface area contributed by atoms with Crippen molar-refractivity contribution in [3.63, 3.8) is 0 Å². The first-order valence-corrected chi connectivity index (χ1v) is 12.2. The second kappa shape index (κ2) is 9.40. The molecule has 0 aliphatic carbocycles. The Kier molecular flexibility index (Phi) is 6.27. The van der Waals surface area contributed by atoms with Crippen LogP contribution < -0.4 is 19.8 Å². The molecule has 2 aliphatic heterocycles. The summed E-state index contributed by atoms with van der Waals surface area (Å²) in [7, 11) is 3.04. The van der Waals surface area contributed by atoms with Crippen LogP contribution in [0.25, 0.3) is 0 Å². The molecule has 9 heteroatoms. The molecule has 3 aromatic carbocycles. The van der Waals surface area contributed by atoms with E-state index in [1.165, 1.54) is 24.1 Å². The number of anilines is 1. The van der Waals surface area contributed by atoms with Gasteiger partial charge >= 0.3 is 0 Å². The number of hydrogen-bond donors (Lipinski definition) is 1. The number of carbonyl (C=O) groups excluding carboxylic acids is 3. The molecule has 0 bridgehead atoms. The van der Waals surface area contributed by atoms with E-state index in [9.17, 15) is 14.4 Å². The molecule has 2 aliphatic rings. The Balaban J connectivity index is 1.63. The number of para-hydroxylation sites is 1. The number of hydrazine groups is 1. The fourth-order valence-corrected chi connectivity index (χ4v) is 5.30. The van der Waals surface area contributed by atoms with Crippen molar-refractivity contribution in [3.8, 4) is 11.5 Å². The van der Waals surface area contributed by atoms with Crippen molar-refractivity contribution in [2.45, 2.75) is 19.0 Å². The molecule has 5 rings (SSSR count). The Bertz CT molecular complexity index is 1360. The van der Waals surface area contributed by atoms with Gasteiger partial charge in [0.15, 0.2) is 11.5 Å². The molecule has 2 saturated heterocycles. The Labute approximate surface area is 216 Å². The molecule has 2 fully saturated rings. The van der Waals surface area contributed by atoms with E-state index in [1.807, 2.05) is 25.1 Å². The molecule has 3 aromatic rings. The van der Waals surface area contributed by atoms with Gasteiger partial charge in [0.25, 0.3) is 11.8 Å². The molecule has 0 saturated carbocycles. The molecule has 3 atom stereocenters. The molecule has 2 heterocycles. The van der Waals surface area contributed by atoms with Crippen LogP contribution in [-0.2, 0) is 9.59 Å². The number of ether oxygens (including phenoxy) is 2. The smallest absolute Gasteiger partial charge is 0.268 e. The average molecular weight is 550 g/mol. The number of carbonyl (C=O) groups is 3. The number of aryl methyl sites for hydroxylation is 1. The van der Waals surface area contributed by atoms with Crippen LogP contribution in [0.15, 0.2) is 71.2 Å². The van der Waals surface area contributed by atoms with Crippen LogP contribution in [0.4, 0.5) is 5.69 Å². The van der Waals surface area contributed by atoms with Crippen LogP contribution >= 0.6 is 15.9 Å². The zero-order valence-electron chi connectivity index (χ0n) is 19.9. The summed E-state index contributed by atoms with van der Waals surface area (Å²) in [6, 6.07) is 17.7. The SMILES string of the molecule is COc1cccc([C@@H]2NN(C(=O)c3cccc(Br)c3)[C@@H]3C(=O)N(c4ccc(C)cc4)C(=O)[C@@H]32)c1OC. The van der Waals surface area contributed by atoms with Crippen molar-refractivity contribution >= 4 is 39.3 Å². The standard InChI is InChI=1S/C27H24BrN3O5/c1-15-10-12-18(13-11-15)30-26(33)21-22(19-8-5-9-20(35-2)24(19)36-3)29-31(23(21)27(30)34)25(32)16-6-4-7-17(28)14-16/h4-14,21-23,29H,1-3H3/t21-,22+,23+/m1/s1. The van der Waals surface area contributed by atoms with E-state index in [0.717, 1.165) is 10.0 Å². The second-order valence-electron chi connectivity index (χ2n) is 8.69. The summed E-state index contributed by atoms with van der Waals surface area (Å²) in [6.07, 6.45) is 0. The number of halogens is 1. The number of rotatable bonds is 5. The van der Waals surface area contributed by atoms with E-state index in [-0.39, 0.29) is 5.91 Å². The molecule has 0 unspecified atom stereocenters. The maximum absolute atomic E-state index is 13.8. The van der Waals surface area contributed by atoms with Gasteiger partial charge in [-0.3, -0.25) is 19.4 Å². The van der Waals surface area contributed by atoms with Gasteiger partial charge in [-0.2, -0.15) is 0 Å². The Morgan fingerprint density at radius 2 is 1.67 bits per heavy atom. The van der Waals surface area contributed by atoms with Gasteiger partial charge in [-0.05, 0) is 43.3 Å². The summed E-state index contributed by atoms with van der Waals surface area (Å²) in [5, 5.41) is 1.28. The maximum Gasteiger partial charge on any atom is 0.268 e. The third-order valence-electron chi connectivity index (χ3n) is 6.59. The van der Waals surface area contributed by atoms with Crippen LogP contribution in [0.5, 0.6) is 11.5 Å².